The number of hydrogen-bond donors (Lipinski definition) is 1. The molecule has 10 nitrogen and oxygen atoms in total. The van der Waals surface area contributed by atoms with Gasteiger partial charge in [0.2, 0.25) is 11.8 Å². The second kappa shape index (κ2) is 9.52. The van der Waals surface area contributed by atoms with Crippen LogP contribution in [0.2, 0.25) is 0 Å². The summed E-state index contributed by atoms with van der Waals surface area (Å²) in [6.45, 7) is 0.331. The van der Waals surface area contributed by atoms with Gasteiger partial charge in [-0.1, -0.05) is 24.3 Å². The molecule has 0 atom stereocenters. The molecule has 0 saturated heterocycles. The van der Waals surface area contributed by atoms with Gasteiger partial charge in [-0.25, -0.2) is 15.0 Å². The van der Waals surface area contributed by atoms with E-state index in [1.54, 1.807) is 12.4 Å². The van der Waals surface area contributed by atoms with Gasteiger partial charge in [0.1, 0.15) is 0 Å². The lowest BCUT2D eigenvalue weighted by atomic mass is 10.1. The molecular formula is C21H16F3N7O3. The Labute approximate surface area is 190 Å². The quantitative estimate of drug-likeness (QED) is 0.258. The number of anilines is 1. The predicted octanol–water partition coefficient (Wildman–Crippen LogP) is 2.35. The zero-order chi connectivity index (χ0) is 24.1. The Kier molecular flexibility index (Phi) is 6.34. The van der Waals surface area contributed by atoms with Crippen LogP contribution in [0.5, 0.6) is 6.01 Å². The molecule has 0 radical (unpaired) electrons. The van der Waals surface area contributed by atoms with Crippen LogP contribution < -0.4 is 19.8 Å². The van der Waals surface area contributed by atoms with Crippen LogP contribution in [0.15, 0.2) is 70.8 Å². The van der Waals surface area contributed by atoms with E-state index in [9.17, 15) is 18.3 Å². The molecule has 1 aromatic carbocycles. The number of hydrogen-bond acceptors (Lipinski definition) is 8. The van der Waals surface area contributed by atoms with Gasteiger partial charge in [-0.2, -0.15) is 13.2 Å². The van der Waals surface area contributed by atoms with E-state index in [0.717, 1.165) is 29.0 Å². The Morgan fingerprint density at radius 3 is 2.53 bits per heavy atom. The number of amidine groups is 1. The number of nitrogens with one attached hydrogen (secondary N) is 1. The van der Waals surface area contributed by atoms with Crippen molar-refractivity contribution in [2.45, 2.75) is 12.7 Å². The van der Waals surface area contributed by atoms with Crippen LogP contribution in [0.1, 0.15) is 11.1 Å². The summed E-state index contributed by atoms with van der Waals surface area (Å²) in [6, 6.07) is 7.64. The van der Waals surface area contributed by atoms with Gasteiger partial charge in [0.05, 0.1) is 30.6 Å². The van der Waals surface area contributed by atoms with Crippen molar-refractivity contribution >= 4 is 17.6 Å². The molecule has 4 rings (SSSR count). The van der Waals surface area contributed by atoms with Crippen molar-refractivity contribution in [3.05, 3.63) is 72.4 Å². The zero-order valence-electron chi connectivity index (χ0n) is 17.5. The van der Waals surface area contributed by atoms with Crippen LogP contribution in [0.25, 0.3) is 11.1 Å². The van der Waals surface area contributed by atoms with E-state index in [2.05, 4.69) is 30.5 Å². The lowest BCUT2D eigenvalue weighted by Gasteiger charge is -2.13. The lowest BCUT2D eigenvalue weighted by Crippen LogP contribution is -2.35. The summed E-state index contributed by atoms with van der Waals surface area (Å²) in [7, 11) is 1.49. The number of aromatic nitrogens is 5. The highest BCUT2D eigenvalue weighted by atomic mass is 19.4. The molecule has 0 fully saturated rings. The predicted molar refractivity (Wildman–Crippen MR) is 110 cm³/mol. The number of benzene rings is 1. The van der Waals surface area contributed by atoms with Gasteiger partial charge in [0, 0.05) is 29.7 Å². The summed E-state index contributed by atoms with van der Waals surface area (Å²) < 4.78 is 49.6. The molecular weight excluding hydrogens is 455 g/mol. The maximum Gasteiger partial charge on any atom is 0.417 e. The minimum absolute atomic E-state index is 0.121. The van der Waals surface area contributed by atoms with Crippen LogP contribution >= 0.6 is 0 Å². The van der Waals surface area contributed by atoms with E-state index in [0.29, 0.717) is 12.7 Å². The number of alkyl halides is 3. The largest absolute Gasteiger partial charge is 0.846 e. The number of rotatable bonds is 6. The Bertz CT molecular complexity index is 1290. The van der Waals surface area contributed by atoms with Crippen molar-refractivity contribution in [3.8, 4) is 17.1 Å². The Morgan fingerprint density at radius 2 is 1.85 bits per heavy atom. The molecule has 174 valence electrons. The zero-order valence-corrected chi connectivity index (χ0v) is 17.5. The summed E-state index contributed by atoms with van der Waals surface area (Å²) >= 11 is 0. The van der Waals surface area contributed by atoms with Crippen LogP contribution in [0, 0.1) is 0 Å². The first-order valence-electron chi connectivity index (χ1n) is 9.67. The van der Waals surface area contributed by atoms with Gasteiger partial charge in [0.15, 0.2) is 0 Å². The Balaban J connectivity index is 1.39. The Hall–Kier alpha value is -4.55. The van der Waals surface area contributed by atoms with Gasteiger partial charge in [-0.3, -0.25) is 9.51 Å². The average molecular weight is 471 g/mol. The molecule has 0 aliphatic carbocycles. The van der Waals surface area contributed by atoms with Crippen LogP contribution in [0.4, 0.5) is 24.7 Å². The molecule has 0 unspecified atom stereocenters. The third-order valence-corrected chi connectivity index (χ3v) is 4.47. The molecule has 0 aliphatic rings. The minimum Gasteiger partial charge on any atom is -0.846 e. The molecule has 34 heavy (non-hydrogen) atoms. The van der Waals surface area contributed by atoms with E-state index in [1.165, 1.54) is 18.0 Å². The average Bonchev–Trinajstić information content (AvgIpc) is 3.25. The van der Waals surface area contributed by atoms with Gasteiger partial charge < -0.3 is 15.2 Å². The molecule has 0 spiro atoms. The van der Waals surface area contributed by atoms with Gasteiger partial charge in [0.25, 0.3) is 6.20 Å². The highest BCUT2D eigenvalue weighted by Gasteiger charge is 2.31. The number of ether oxygens (including phenoxy) is 1. The van der Waals surface area contributed by atoms with Crippen molar-refractivity contribution < 1.29 is 32.2 Å². The van der Waals surface area contributed by atoms with Crippen molar-refractivity contribution in [1.82, 2.24) is 20.2 Å². The maximum absolute atomic E-state index is 12.8. The van der Waals surface area contributed by atoms with E-state index < -0.39 is 17.8 Å². The lowest BCUT2D eigenvalue weighted by molar-refractivity contribution is -0.754. The molecule has 0 saturated carbocycles. The van der Waals surface area contributed by atoms with Crippen molar-refractivity contribution in [1.29, 1.82) is 0 Å². The second-order valence-electron chi connectivity index (χ2n) is 6.90. The fourth-order valence-corrected chi connectivity index (χ4v) is 2.87. The van der Waals surface area contributed by atoms with E-state index in [4.69, 9.17) is 9.26 Å². The first-order valence-corrected chi connectivity index (χ1v) is 9.67. The summed E-state index contributed by atoms with van der Waals surface area (Å²) in [5.41, 5.74) is 1.48. The summed E-state index contributed by atoms with van der Waals surface area (Å²) in [6.07, 6.45) is 1.84. The van der Waals surface area contributed by atoms with Crippen molar-refractivity contribution in [3.63, 3.8) is 0 Å². The van der Waals surface area contributed by atoms with Crippen LogP contribution in [-0.2, 0) is 12.7 Å². The molecule has 3 aromatic heterocycles. The summed E-state index contributed by atoms with van der Waals surface area (Å²) in [5.74, 6) is -0.121. The normalized spacial score (nSPS) is 11.9. The second-order valence-corrected chi connectivity index (χ2v) is 6.90. The summed E-state index contributed by atoms with van der Waals surface area (Å²) in [4.78, 5) is 15.3. The van der Waals surface area contributed by atoms with E-state index >= 15 is 0 Å². The minimum atomic E-state index is -4.58. The SMILES string of the molecule is COc1ncc(-c2ccc(C[n+]3cc(N=C([O-])Nc4cncc(C(F)(F)F)c4)on3)cc2)cn1. The van der Waals surface area contributed by atoms with Crippen molar-refractivity contribution in [2.75, 3.05) is 12.4 Å². The number of methoxy groups -OCH3 is 1. The highest BCUT2D eigenvalue weighted by molar-refractivity contribution is 5.86. The topological polar surface area (TPSA) is 125 Å². The standard InChI is InChI=1S/C21H16F3N7O3/c1-33-20-26-7-15(8-27-20)14-4-2-13(3-5-14)11-31-12-18(34-30-31)29-19(32)28-17-6-16(9-25-10-17)21(22,23)24/h2-10,12H,11H2,1H3,(H-,28,29,30,32). The van der Waals surface area contributed by atoms with Gasteiger partial charge in [-0.05, 0) is 16.3 Å². The number of halogens is 3. The van der Waals surface area contributed by atoms with Gasteiger partial charge >= 0.3 is 18.1 Å². The fourth-order valence-electron chi connectivity index (χ4n) is 2.87. The first-order chi connectivity index (χ1) is 16.3. The van der Waals surface area contributed by atoms with Crippen LogP contribution in [-0.4, -0.2) is 33.4 Å². The number of nitrogens with zero attached hydrogens (tertiary/aromatic N) is 6. The molecule has 3 heterocycles. The molecule has 13 heteroatoms. The van der Waals surface area contributed by atoms with Crippen LogP contribution in [0.3, 0.4) is 0 Å². The number of aliphatic imine (C=N–C) groups is 1. The van der Waals surface area contributed by atoms with Crippen molar-refractivity contribution in [2.24, 2.45) is 4.99 Å². The Morgan fingerprint density at radius 1 is 1.12 bits per heavy atom. The first kappa shape index (κ1) is 22.6. The highest BCUT2D eigenvalue weighted by Crippen LogP contribution is 2.29. The smallest absolute Gasteiger partial charge is 0.417 e. The molecule has 4 aromatic rings. The molecule has 0 amide bonds. The summed E-state index contributed by atoms with van der Waals surface area (Å²) in [5, 5.41) is 18.0. The molecule has 0 bridgehead atoms. The monoisotopic (exact) mass is 471 g/mol. The van der Waals surface area contributed by atoms with Gasteiger partial charge in [-0.15, -0.1) is 0 Å². The molecule has 1 N–H and O–H groups in total. The van der Waals surface area contributed by atoms with E-state index in [-0.39, 0.29) is 17.6 Å². The third-order valence-electron chi connectivity index (χ3n) is 4.47. The molecule has 0 aliphatic heterocycles. The van der Waals surface area contributed by atoms with E-state index in [1.807, 2.05) is 24.3 Å². The number of pyridine rings is 1. The third kappa shape index (κ3) is 5.62. The fraction of sp³-hybridized carbons (Fsp3) is 0.143. The maximum atomic E-state index is 12.8.